The first-order chi connectivity index (χ1) is 18.4. The lowest BCUT2D eigenvalue weighted by molar-refractivity contribution is -0.125. The third-order valence-corrected chi connectivity index (χ3v) is 8.18. The van der Waals surface area contributed by atoms with Crippen LogP contribution in [0.1, 0.15) is 43.4 Å². The van der Waals surface area contributed by atoms with Gasteiger partial charge in [0, 0.05) is 61.3 Å². The van der Waals surface area contributed by atoms with Gasteiger partial charge in [0.15, 0.2) is 5.82 Å². The Balaban J connectivity index is 1.39. The van der Waals surface area contributed by atoms with Crippen LogP contribution in [0.15, 0.2) is 35.3 Å². The molecule has 2 aliphatic rings. The number of carbonyl (C=O) groups excluding carboxylic acids is 1. The van der Waals surface area contributed by atoms with Gasteiger partial charge < -0.3 is 15.5 Å². The summed E-state index contributed by atoms with van der Waals surface area (Å²) in [6.07, 6.45) is 4.33. The molecule has 0 aliphatic carbocycles. The van der Waals surface area contributed by atoms with E-state index < -0.39 is 0 Å². The van der Waals surface area contributed by atoms with Crippen LogP contribution in [0.2, 0.25) is 5.15 Å². The SMILES string of the molecule is CNC(=O)C1CCN(c2nc(Cl)ccc2NC(C)c2cc(C)cc3c(=O)n4c5c(cnn5CCC4)c23)CC1. The molecule has 38 heavy (non-hydrogen) atoms. The number of halogens is 1. The molecule has 5 heterocycles. The molecule has 10 heteroatoms. The predicted octanol–water partition coefficient (Wildman–Crippen LogP) is 4.25. The predicted molar refractivity (Wildman–Crippen MR) is 151 cm³/mol. The number of anilines is 2. The molecule has 9 nitrogen and oxygen atoms in total. The van der Waals surface area contributed by atoms with Crippen molar-refractivity contribution in [2.24, 2.45) is 5.92 Å². The quantitative estimate of drug-likeness (QED) is 0.372. The van der Waals surface area contributed by atoms with Crippen LogP contribution in [0.4, 0.5) is 11.5 Å². The van der Waals surface area contributed by atoms with Crippen LogP contribution in [-0.2, 0) is 17.9 Å². The van der Waals surface area contributed by atoms with Crippen LogP contribution < -0.4 is 21.1 Å². The van der Waals surface area contributed by atoms with Crippen molar-refractivity contribution >= 4 is 50.8 Å². The molecule has 1 atom stereocenters. The number of fused-ring (bicyclic) bond motifs is 2. The van der Waals surface area contributed by atoms with Gasteiger partial charge in [0.25, 0.3) is 5.56 Å². The lowest BCUT2D eigenvalue weighted by atomic mass is 9.95. The fourth-order valence-electron chi connectivity index (χ4n) is 6.10. The van der Waals surface area contributed by atoms with Gasteiger partial charge in [-0.2, -0.15) is 5.10 Å². The third-order valence-electron chi connectivity index (χ3n) is 7.97. The summed E-state index contributed by atoms with van der Waals surface area (Å²) < 4.78 is 3.82. The minimum atomic E-state index is -0.118. The average molecular weight is 534 g/mol. The molecular formula is C28H32ClN7O2. The molecule has 4 aromatic rings. The summed E-state index contributed by atoms with van der Waals surface area (Å²) in [7, 11) is 1.69. The van der Waals surface area contributed by atoms with Gasteiger partial charge in [-0.3, -0.25) is 14.2 Å². The summed E-state index contributed by atoms with van der Waals surface area (Å²) in [4.78, 5) is 32.6. The minimum absolute atomic E-state index is 0.0173. The Labute approximate surface area is 225 Å². The van der Waals surface area contributed by atoms with Gasteiger partial charge in [-0.25, -0.2) is 9.67 Å². The highest BCUT2D eigenvalue weighted by molar-refractivity contribution is 6.29. The van der Waals surface area contributed by atoms with E-state index in [9.17, 15) is 9.59 Å². The molecule has 0 spiro atoms. The molecule has 0 saturated carbocycles. The van der Waals surface area contributed by atoms with Gasteiger partial charge >= 0.3 is 0 Å². The summed E-state index contributed by atoms with van der Waals surface area (Å²) >= 11 is 6.33. The van der Waals surface area contributed by atoms with Crippen LogP contribution in [-0.4, -0.2) is 45.4 Å². The number of aromatic nitrogens is 4. The van der Waals surface area contributed by atoms with E-state index in [2.05, 4.69) is 38.6 Å². The Hall–Kier alpha value is -3.59. The molecule has 1 amide bonds. The standard InChI is InChI=1S/C28H32ClN7O2/c1-16-13-19(24-20(14-16)28(38)35-9-4-10-36-27(35)21(24)15-31-36)17(2)32-22-5-6-23(29)33-25(22)34-11-7-18(8-12-34)26(37)30-3/h5-6,13-15,17-18,32H,4,7-12H2,1-3H3,(H,30,37). The van der Waals surface area contributed by atoms with Crippen molar-refractivity contribution in [2.45, 2.75) is 52.2 Å². The Morgan fingerprint density at radius 3 is 2.68 bits per heavy atom. The Morgan fingerprint density at radius 2 is 1.92 bits per heavy atom. The summed E-state index contributed by atoms with van der Waals surface area (Å²) in [5, 5.41) is 14.2. The summed E-state index contributed by atoms with van der Waals surface area (Å²) in [6.45, 7) is 7.12. The van der Waals surface area contributed by atoms with E-state index in [0.29, 0.717) is 11.7 Å². The van der Waals surface area contributed by atoms with Crippen LogP contribution in [0.3, 0.4) is 0 Å². The molecule has 0 bridgehead atoms. The highest BCUT2D eigenvalue weighted by Gasteiger charge is 2.27. The van der Waals surface area contributed by atoms with Crippen molar-refractivity contribution in [3.8, 4) is 0 Å². The Bertz CT molecular complexity index is 1620. The van der Waals surface area contributed by atoms with Crippen molar-refractivity contribution in [3.63, 3.8) is 0 Å². The first kappa shape index (κ1) is 24.7. The number of rotatable bonds is 5. The first-order valence-corrected chi connectivity index (χ1v) is 13.7. The topological polar surface area (TPSA) is 97.1 Å². The fraction of sp³-hybridized carbons (Fsp3) is 0.429. The van der Waals surface area contributed by atoms with E-state index in [1.54, 1.807) is 13.1 Å². The Kier molecular flexibility index (Phi) is 6.26. The van der Waals surface area contributed by atoms with E-state index in [0.717, 1.165) is 83.3 Å². The second kappa shape index (κ2) is 9.62. The smallest absolute Gasteiger partial charge is 0.260 e. The zero-order chi connectivity index (χ0) is 26.6. The van der Waals surface area contributed by atoms with Crippen molar-refractivity contribution in [3.05, 3.63) is 57.1 Å². The van der Waals surface area contributed by atoms with Crippen molar-refractivity contribution in [1.29, 1.82) is 0 Å². The highest BCUT2D eigenvalue weighted by atomic mass is 35.5. The molecule has 1 unspecified atom stereocenters. The van der Waals surface area contributed by atoms with Gasteiger partial charge in [-0.05, 0) is 62.4 Å². The Morgan fingerprint density at radius 1 is 1.13 bits per heavy atom. The number of amides is 1. The number of hydrogen-bond donors (Lipinski definition) is 2. The number of hydrogen-bond acceptors (Lipinski definition) is 6. The molecule has 6 rings (SSSR count). The van der Waals surface area contributed by atoms with E-state index in [1.807, 2.05) is 34.5 Å². The maximum absolute atomic E-state index is 13.6. The molecule has 1 fully saturated rings. The van der Waals surface area contributed by atoms with Gasteiger partial charge in [0.1, 0.15) is 10.8 Å². The molecule has 2 aliphatic heterocycles. The van der Waals surface area contributed by atoms with Crippen molar-refractivity contribution < 1.29 is 4.79 Å². The number of aryl methyl sites for hydroxylation is 3. The monoisotopic (exact) mass is 533 g/mol. The largest absolute Gasteiger partial charge is 0.376 e. The van der Waals surface area contributed by atoms with Crippen LogP contribution >= 0.6 is 11.6 Å². The molecule has 198 valence electrons. The second-order valence-corrected chi connectivity index (χ2v) is 10.8. The molecule has 0 radical (unpaired) electrons. The van der Waals surface area contributed by atoms with Gasteiger partial charge in [-0.1, -0.05) is 17.7 Å². The summed E-state index contributed by atoms with van der Waals surface area (Å²) in [5.41, 5.74) is 3.90. The lowest BCUT2D eigenvalue weighted by Crippen LogP contribution is -2.40. The first-order valence-electron chi connectivity index (χ1n) is 13.3. The maximum atomic E-state index is 13.6. The van der Waals surface area contributed by atoms with E-state index >= 15 is 0 Å². The van der Waals surface area contributed by atoms with Crippen LogP contribution in [0.5, 0.6) is 0 Å². The lowest BCUT2D eigenvalue weighted by Gasteiger charge is -2.33. The normalized spacial score (nSPS) is 16.7. The van der Waals surface area contributed by atoms with Gasteiger partial charge in [-0.15, -0.1) is 0 Å². The third kappa shape index (κ3) is 4.09. The highest BCUT2D eigenvalue weighted by Crippen LogP contribution is 2.36. The number of piperidine rings is 1. The molecule has 1 saturated heterocycles. The number of benzene rings is 1. The number of carbonyl (C=O) groups is 1. The molecule has 1 aromatic carbocycles. The summed E-state index contributed by atoms with van der Waals surface area (Å²) in [5.74, 6) is 0.894. The van der Waals surface area contributed by atoms with Gasteiger partial charge in [0.05, 0.1) is 11.9 Å². The second-order valence-electron chi connectivity index (χ2n) is 10.4. The zero-order valence-corrected chi connectivity index (χ0v) is 22.7. The van der Waals surface area contributed by atoms with Crippen LogP contribution in [0.25, 0.3) is 21.8 Å². The number of pyridine rings is 2. The zero-order valence-electron chi connectivity index (χ0n) is 21.9. The van der Waals surface area contributed by atoms with Gasteiger partial charge in [0.2, 0.25) is 5.91 Å². The molecular weight excluding hydrogens is 502 g/mol. The molecule has 2 N–H and O–H groups in total. The summed E-state index contributed by atoms with van der Waals surface area (Å²) in [6, 6.07) is 7.78. The van der Waals surface area contributed by atoms with E-state index in [-0.39, 0.29) is 23.4 Å². The van der Waals surface area contributed by atoms with Crippen molar-refractivity contribution in [1.82, 2.24) is 24.6 Å². The van der Waals surface area contributed by atoms with E-state index in [4.69, 9.17) is 11.6 Å². The maximum Gasteiger partial charge on any atom is 0.260 e. The van der Waals surface area contributed by atoms with Crippen molar-refractivity contribution in [2.75, 3.05) is 30.4 Å². The fourth-order valence-corrected chi connectivity index (χ4v) is 6.25. The minimum Gasteiger partial charge on any atom is -0.376 e. The number of nitrogens with one attached hydrogen (secondary N) is 2. The average Bonchev–Trinajstić information content (AvgIpc) is 3.36. The molecule has 3 aromatic heterocycles. The van der Waals surface area contributed by atoms with Crippen LogP contribution in [0, 0.1) is 12.8 Å². The number of nitrogens with zero attached hydrogens (tertiary/aromatic N) is 5. The van der Waals surface area contributed by atoms with E-state index in [1.165, 1.54) is 0 Å².